The van der Waals surface area contributed by atoms with E-state index in [9.17, 15) is 18.3 Å². The lowest BCUT2D eigenvalue weighted by atomic mass is 9.97. The van der Waals surface area contributed by atoms with Gasteiger partial charge in [0, 0.05) is 21.8 Å². The Morgan fingerprint density at radius 3 is 2.43 bits per heavy atom. The van der Waals surface area contributed by atoms with E-state index in [2.05, 4.69) is 14.9 Å². The van der Waals surface area contributed by atoms with Gasteiger partial charge in [-0.2, -0.15) is 9.71 Å². The first-order valence-electron chi connectivity index (χ1n) is 11.6. The van der Waals surface area contributed by atoms with Gasteiger partial charge in [-0.15, -0.1) is 0 Å². The van der Waals surface area contributed by atoms with Gasteiger partial charge in [-0.05, 0) is 42.3 Å². The van der Waals surface area contributed by atoms with Gasteiger partial charge in [0.15, 0.2) is 0 Å². The standard InChI is InChI=1S/C27H25N3O6S/c1-27(2,3)26-28-24(29-36-26)17-9-11-19-20-15-18(10-12-22(20)35-23(19)14-17)37(33,34)30-21(25(31)32)13-16-7-5-4-6-8-16/h4-12,14-15,21,30H,13H2,1-3H3,(H,31,32)/t21-/m1/s1. The molecule has 0 radical (unpaired) electrons. The van der Waals surface area contributed by atoms with Gasteiger partial charge in [-0.3, -0.25) is 4.79 Å². The van der Waals surface area contributed by atoms with Gasteiger partial charge >= 0.3 is 5.97 Å². The number of carboxylic acids is 1. The second-order valence-corrected chi connectivity index (χ2v) is 11.6. The lowest BCUT2D eigenvalue weighted by molar-refractivity contribution is -0.138. The molecule has 2 N–H and O–H groups in total. The maximum absolute atomic E-state index is 13.1. The van der Waals surface area contributed by atoms with Crippen LogP contribution in [0.4, 0.5) is 0 Å². The van der Waals surface area contributed by atoms with Crippen molar-refractivity contribution in [3.63, 3.8) is 0 Å². The van der Waals surface area contributed by atoms with Gasteiger partial charge in [-0.1, -0.05) is 62.3 Å². The highest BCUT2D eigenvalue weighted by Crippen LogP contribution is 2.33. The van der Waals surface area contributed by atoms with Crippen LogP contribution < -0.4 is 4.72 Å². The molecule has 0 unspecified atom stereocenters. The summed E-state index contributed by atoms with van der Waals surface area (Å²) in [4.78, 5) is 16.2. The Hall–Kier alpha value is -4.02. The van der Waals surface area contributed by atoms with Crippen molar-refractivity contribution in [1.82, 2.24) is 14.9 Å². The number of carbonyl (C=O) groups is 1. The zero-order valence-electron chi connectivity index (χ0n) is 20.4. The van der Waals surface area contributed by atoms with Crippen molar-refractivity contribution in [2.45, 2.75) is 43.5 Å². The first-order valence-corrected chi connectivity index (χ1v) is 13.1. The summed E-state index contributed by atoms with van der Waals surface area (Å²) in [5.74, 6) is -0.315. The van der Waals surface area contributed by atoms with Crippen LogP contribution in [0, 0.1) is 0 Å². The van der Waals surface area contributed by atoms with E-state index in [1.807, 2.05) is 39.0 Å². The van der Waals surface area contributed by atoms with E-state index in [1.165, 1.54) is 12.1 Å². The number of carboxylic acid groups (broad SMARTS) is 1. The van der Waals surface area contributed by atoms with Crippen molar-refractivity contribution >= 4 is 37.9 Å². The Labute approximate surface area is 213 Å². The summed E-state index contributed by atoms with van der Waals surface area (Å²) in [7, 11) is -4.13. The van der Waals surface area contributed by atoms with Crippen LogP contribution in [0.5, 0.6) is 0 Å². The van der Waals surface area contributed by atoms with Gasteiger partial charge in [0.1, 0.15) is 17.2 Å². The predicted octanol–water partition coefficient (Wildman–Crippen LogP) is 4.91. The summed E-state index contributed by atoms with van der Waals surface area (Å²) in [6.45, 7) is 5.94. The van der Waals surface area contributed by atoms with Crippen LogP contribution in [0.1, 0.15) is 32.2 Å². The molecule has 0 aliphatic carbocycles. The summed E-state index contributed by atoms with van der Waals surface area (Å²) in [5.41, 5.74) is 2.15. The highest BCUT2D eigenvalue weighted by molar-refractivity contribution is 7.89. The molecule has 3 aromatic carbocycles. The maximum Gasteiger partial charge on any atom is 0.322 e. The number of furan rings is 1. The Morgan fingerprint density at radius 2 is 1.76 bits per heavy atom. The number of aromatic nitrogens is 2. The minimum absolute atomic E-state index is 0.0159. The number of nitrogens with zero attached hydrogens (tertiary/aromatic N) is 2. The molecule has 5 rings (SSSR count). The third kappa shape index (κ3) is 4.98. The molecule has 37 heavy (non-hydrogen) atoms. The fraction of sp³-hybridized carbons (Fsp3) is 0.222. The van der Waals surface area contributed by atoms with Gasteiger partial charge in [0.25, 0.3) is 0 Å². The number of rotatable bonds is 7. The number of benzene rings is 3. The average Bonchev–Trinajstić information content (AvgIpc) is 3.48. The zero-order valence-corrected chi connectivity index (χ0v) is 21.2. The van der Waals surface area contributed by atoms with Crippen molar-refractivity contribution < 1.29 is 27.3 Å². The smallest absolute Gasteiger partial charge is 0.322 e. The molecular weight excluding hydrogens is 494 g/mol. The maximum atomic E-state index is 13.1. The minimum atomic E-state index is -4.13. The third-order valence-electron chi connectivity index (χ3n) is 5.96. The molecule has 5 aromatic rings. The van der Waals surface area contributed by atoms with Crippen LogP contribution in [0.3, 0.4) is 0 Å². The molecule has 2 heterocycles. The van der Waals surface area contributed by atoms with Crippen LogP contribution in [0.25, 0.3) is 33.3 Å². The van der Waals surface area contributed by atoms with Crippen molar-refractivity contribution in [3.8, 4) is 11.4 Å². The van der Waals surface area contributed by atoms with Gasteiger partial charge in [0.05, 0.1) is 4.90 Å². The first-order chi connectivity index (χ1) is 17.5. The molecule has 9 nitrogen and oxygen atoms in total. The highest BCUT2D eigenvalue weighted by atomic mass is 32.2. The molecule has 2 aromatic heterocycles. The predicted molar refractivity (Wildman–Crippen MR) is 138 cm³/mol. The van der Waals surface area contributed by atoms with Crippen molar-refractivity contribution in [3.05, 3.63) is 78.2 Å². The molecular formula is C27H25N3O6S. The van der Waals surface area contributed by atoms with Gasteiger partial charge in [0.2, 0.25) is 21.7 Å². The summed E-state index contributed by atoms with van der Waals surface area (Å²) in [6.07, 6.45) is 0.0159. The van der Waals surface area contributed by atoms with Crippen molar-refractivity contribution in [2.75, 3.05) is 0 Å². The number of hydrogen-bond donors (Lipinski definition) is 2. The molecule has 10 heteroatoms. The topological polar surface area (TPSA) is 136 Å². The average molecular weight is 520 g/mol. The quantitative estimate of drug-likeness (QED) is 0.310. The monoisotopic (exact) mass is 519 g/mol. The third-order valence-corrected chi connectivity index (χ3v) is 7.43. The summed E-state index contributed by atoms with van der Waals surface area (Å²) >= 11 is 0. The summed E-state index contributed by atoms with van der Waals surface area (Å²) in [5, 5.41) is 15.0. The molecule has 0 spiro atoms. The normalized spacial score (nSPS) is 13.3. The second-order valence-electron chi connectivity index (χ2n) is 9.85. The van der Waals surface area contributed by atoms with E-state index in [4.69, 9.17) is 8.94 Å². The summed E-state index contributed by atoms with van der Waals surface area (Å²) in [6, 6.07) is 17.4. The van der Waals surface area contributed by atoms with E-state index in [0.29, 0.717) is 44.8 Å². The lowest BCUT2D eigenvalue weighted by Gasteiger charge is -2.15. The fourth-order valence-corrected chi connectivity index (χ4v) is 5.21. The number of hydrogen-bond acceptors (Lipinski definition) is 7. The van der Waals surface area contributed by atoms with Gasteiger partial charge < -0.3 is 14.0 Å². The Balaban J connectivity index is 1.46. The molecule has 1 atom stereocenters. The Bertz CT molecular complexity index is 1720. The number of sulfonamides is 1. The number of fused-ring (bicyclic) bond motifs is 3. The molecule has 0 fully saturated rings. The molecule has 0 saturated heterocycles. The number of nitrogens with one attached hydrogen (secondary N) is 1. The fourth-order valence-electron chi connectivity index (χ4n) is 3.99. The molecule has 0 bridgehead atoms. The Kier molecular flexibility index (Phi) is 6.09. The minimum Gasteiger partial charge on any atom is -0.480 e. The van der Waals surface area contributed by atoms with E-state index < -0.39 is 22.0 Å². The molecule has 0 aliphatic heterocycles. The highest BCUT2D eigenvalue weighted by Gasteiger charge is 2.27. The van der Waals surface area contributed by atoms with Crippen molar-refractivity contribution in [1.29, 1.82) is 0 Å². The SMILES string of the molecule is CC(C)(C)c1nc(-c2ccc3c(c2)oc2ccc(S(=O)(=O)N[C@H](Cc4ccccc4)C(=O)O)cc23)no1. The molecule has 190 valence electrons. The first kappa shape index (κ1) is 24.7. The molecule has 0 amide bonds. The van der Waals surface area contributed by atoms with E-state index in [-0.39, 0.29) is 16.7 Å². The van der Waals surface area contributed by atoms with Crippen LogP contribution in [0.15, 0.2) is 80.6 Å². The second kappa shape index (κ2) is 9.13. The number of aliphatic carboxylic acids is 1. The summed E-state index contributed by atoms with van der Waals surface area (Å²) < 4.78 is 39.9. The van der Waals surface area contributed by atoms with Crippen LogP contribution >= 0.6 is 0 Å². The Morgan fingerprint density at radius 1 is 1.00 bits per heavy atom. The van der Waals surface area contributed by atoms with Crippen LogP contribution in [0.2, 0.25) is 0 Å². The lowest BCUT2D eigenvalue weighted by Crippen LogP contribution is -2.42. The van der Waals surface area contributed by atoms with E-state index in [0.717, 1.165) is 0 Å². The zero-order chi connectivity index (χ0) is 26.4. The molecule has 0 saturated carbocycles. The van der Waals surface area contributed by atoms with Crippen molar-refractivity contribution in [2.24, 2.45) is 0 Å². The van der Waals surface area contributed by atoms with E-state index >= 15 is 0 Å². The largest absolute Gasteiger partial charge is 0.480 e. The molecule has 0 aliphatic rings. The van der Waals surface area contributed by atoms with E-state index in [1.54, 1.807) is 36.4 Å². The van der Waals surface area contributed by atoms with Crippen LogP contribution in [-0.4, -0.2) is 35.7 Å². The van der Waals surface area contributed by atoms with Crippen LogP contribution in [-0.2, 0) is 26.7 Å². The van der Waals surface area contributed by atoms with Gasteiger partial charge in [-0.25, -0.2) is 8.42 Å².